The van der Waals surface area contributed by atoms with Gasteiger partial charge in [0.15, 0.2) is 0 Å². The number of hydrogen-bond donors (Lipinski definition) is 1. The highest BCUT2D eigenvalue weighted by atomic mass is 32.2. The minimum absolute atomic E-state index is 0.175. The lowest BCUT2D eigenvalue weighted by Gasteiger charge is -2.15. The van der Waals surface area contributed by atoms with E-state index in [4.69, 9.17) is 0 Å². The minimum atomic E-state index is -3.49. The maximum atomic E-state index is 12.5. The first-order valence-corrected chi connectivity index (χ1v) is 11.1. The van der Waals surface area contributed by atoms with E-state index in [1.807, 2.05) is 0 Å². The van der Waals surface area contributed by atoms with Crippen LogP contribution in [0.15, 0.2) is 51.7 Å². The summed E-state index contributed by atoms with van der Waals surface area (Å²) in [6.07, 6.45) is 3.10. The molecule has 146 valence electrons. The van der Waals surface area contributed by atoms with Gasteiger partial charge in [-0.05, 0) is 48.6 Å². The van der Waals surface area contributed by atoms with Crippen LogP contribution in [-0.2, 0) is 21.4 Å². The molecule has 1 N–H and O–H groups in total. The topological polar surface area (TPSA) is 101 Å². The second-order valence-electron chi connectivity index (χ2n) is 6.50. The number of aromatic nitrogens is 2. The fourth-order valence-electron chi connectivity index (χ4n) is 3.15. The Bertz CT molecular complexity index is 1180. The molecule has 1 aliphatic rings. The number of nitrogens with one attached hydrogen (secondary N) is 1. The summed E-state index contributed by atoms with van der Waals surface area (Å²) >= 11 is 1.37. The molecule has 1 fully saturated rings. The molecule has 8 nitrogen and oxygen atoms in total. The summed E-state index contributed by atoms with van der Waals surface area (Å²) < 4.78 is 27.8. The largest absolute Gasteiger partial charge is 0.325 e. The summed E-state index contributed by atoms with van der Waals surface area (Å²) in [7, 11) is -3.49. The van der Waals surface area contributed by atoms with Crippen LogP contribution >= 0.6 is 11.3 Å². The average Bonchev–Trinajstić information content (AvgIpc) is 3.36. The van der Waals surface area contributed by atoms with Gasteiger partial charge in [-0.25, -0.2) is 13.4 Å². The monoisotopic (exact) mass is 418 g/mol. The number of thiophene rings is 1. The zero-order valence-electron chi connectivity index (χ0n) is 14.9. The molecule has 0 radical (unpaired) electrons. The number of nitrogens with zero attached hydrogens (tertiary/aromatic N) is 3. The maximum absolute atomic E-state index is 12.5. The molecule has 0 aliphatic carbocycles. The number of sulfonamides is 1. The summed E-state index contributed by atoms with van der Waals surface area (Å²) in [5.74, 6) is -0.395. The highest BCUT2D eigenvalue weighted by molar-refractivity contribution is 7.89. The van der Waals surface area contributed by atoms with Crippen molar-refractivity contribution in [2.45, 2.75) is 24.3 Å². The number of hydrogen-bond acceptors (Lipinski definition) is 6. The molecule has 0 atom stereocenters. The lowest BCUT2D eigenvalue weighted by atomic mass is 10.3. The van der Waals surface area contributed by atoms with Crippen LogP contribution in [0.4, 0.5) is 5.69 Å². The first-order valence-electron chi connectivity index (χ1n) is 8.78. The molecule has 10 heteroatoms. The van der Waals surface area contributed by atoms with Crippen LogP contribution in [0.1, 0.15) is 12.8 Å². The van der Waals surface area contributed by atoms with Crippen molar-refractivity contribution in [1.29, 1.82) is 0 Å². The number of fused-ring (bicyclic) bond motifs is 1. The molecule has 1 aromatic carbocycles. The third-order valence-corrected chi connectivity index (χ3v) is 7.34. The molecule has 0 spiro atoms. The number of carbonyl (C=O) groups is 1. The Balaban J connectivity index is 1.46. The fourth-order valence-corrected chi connectivity index (χ4v) is 5.39. The molecule has 3 heterocycles. The molecule has 0 bridgehead atoms. The molecule has 28 heavy (non-hydrogen) atoms. The molecular formula is C18H18N4O4S2. The number of rotatable bonds is 5. The van der Waals surface area contributed by atoms with Crippen LogP contribution < -0.4 is 10.9 Å². The summed E-state index contributed by atoms with van der Waals surface area (Å²) in [5.41, 5.74) is 0.191. The highest BCUT2D eigenvalue weighted by Crippen LogP contribution is 2.22. The summed E-state index contributed by atoms with van der Waals surface area (Å²) in [6.45, 7) is 0.904. The predicted molar refractivity (Wildman–Crippen MR) is 107 cm³/mol. The molecule has 1 saturated heterocycles. The van der Waals surface area contributed by atoms with Gasteiger partial charge in [0.1, 0.15) is 11.4 Å². The van der Waals surface area contributed by atoms with E-state index < -0.39 is 15.9 Å². The highest BCUT2D eigenvalue weighted by Gasteiger charge is 2.26. The van der Waals surface area contributed by atoms with E-state index in [9.17, 15) is 18.0 Å². The number of anilines is 1. The number of benzene rings is 1. The maximum Gasteiger partial charge on any atom is 0.262 e. The summed E-state index contributed by atoms with van der Waals surface area (Å²) in [5, 5.41) is 4.94. The normalized spacial score (nSPS) is 15.1. The Labute approximate surface area is 165 Å². The van der Waals surface area contributed by atoms with Gasteiger partial charge in [0, 0.05) is 18.8 Å². The van der Waals surface area contributed by atoms with Crippen LogP contribution in [0.2, 0.25) is 0 Å². The molecule has 0 unspecified atom stereocenters. The van der Waals surface area contributed by atoms with Gasteiger partial charge in [0.2, 0.25) is 15.9 Å². The van der Waals surface area contributed by atoms with E-state index in [1.54, 1.807) is 23.6 Å². The zero-order chi connectivity index (χ0) is 19.7. The summed E-state index contributed by atoms with van der Waals surface area (Å²) in [6, 6.07) is 7.74. The molecule has 2 aromatic heterocycles. The van der Waals surface area contributed by atoms with Crippen LogP contribution in [0, 0.1) is 0 Å². The van der Waals surface area contributed by atoms with Crippen molar-refractivity contribution in [2.75, 3.05) is 18.4 Å². The molecule has 4 rings (SSSR count). The average molecular weight is 419 g/mol. The van der Waals surface area contributed by atoms with Gasteiger partial charge in [-0.2, -0.15) is 4.31 Å². The van der Waals surface area contributed by atoms with Crippen molar-refractivity contribution in [3.63, 3.8) is 0 Å². The van der Waals surface area contributed by atoms with Crippen molar-refractivity contribution in [1.82, 2.24) is 13.9 Å². The van der Waals surface area contributed by atoms with Crippen molar-refractivity contribution in [2.24, 2.45) is 0 Å². The molecule has 1 amide bonds. The third-order valence-electron chi connectivity index (χ3n) is 4.61. The zero-order valence-corrected chi connectivity index (χ0v) is 16.5. The lowest BCUT2D eigenvalue weighted by Crippen LogP contribution is -2.28. The SMILES string of the molecule is O=C(Cn1cnc2sccc2c1=O)Nc1ccc(S(=O)(=O)N2CCCC2)cc1. The minimum Gasteiger partial charge on any atom is -0.325 e. The van der Waals surface area contributed by atoms with Gasteiger partial charge in [0.05, 0.1) is 16.6 Å². The van der Waals surface area contributed by atoms with E-state index in [2.05, 4.69) is 10.3 Å². The van der Waals surface area contributed by atoms with Crippen molar-refractivity contribution < 1.29 is 13.2 Å². The summed E-state index contributed by atoms with van der Waals surface area (Å²) in [4.78, 5) is 29.6. The third kappa shape index (κ3) is 3.58. The standard InChI is InChI=1S/C18H18N4O4S2/c23-16(11-21-12-19-17-15(18(21)24)7-10-27-17)20-13-3-5-14(6-4-13)28(25,26)22-8-1-2-9-22/h3-7,10,12H,1-2,8-9,11H2,(H,20,23). The van der Waals surface area contributed by atoms with Crippen molar-refractivity contribution >= 4 is 43.2 Å². The smallest absolute Gasteiger partial charge is 0.262 e. The Morgan fingerprint density at radius 3 is 2.57 bits per heavy atom. The molecule has 0 saturated carbocycles. The van der Waals surface area contributed by atoms with Crippen molar-refractivity contribution in [3.8, 4) is 0 Å². The second kappa shape index (κ2) is 7.46. The molecular weight excluding hydrogens is 400 g/mol. The van der Waals surface area contributed by atoms with Gasteiger partial charge in [-0.1, -0.05) is 0 Å². The van der Waals surface area contributed by atoms with E-state index >= 15 is 0 Å². The van der Waals surface area contributed by atoms with Crippen LogP contribution in [0.3, 0.4) is 0 Å². The van der Waals surface area contributed by atoms with Gasteiger partial charge in [-0.15, -0.1) is 11.3 Å². The Morgan fingerprint density at radius 2 is 1.86 bits per heavy atom. The molecule has 3 aromatic rings. The Kier molecular flexibility index (Phi) is 5.00. The van der Waals surface area contributed by atoms with E-state index in [-0.39, 0.29) is 17.0 Å². The van der Waals surface area contributed by atoms with E-state index in [0.717, 1.165) is 12.8 Å². The predicted octanol–water partition coefficient (Wildman–Crippen LogP) is 1.88. The Morgan fingerprint density at radius 1 is 1.14 bits per heavy atom. The van der Waals surface area contributed by atoms with E-state index in [0.29, 0.717) is 29.0 Å². The van der Waals surface area contributed by atoms with Crippen LogP contribution in [0.5, 0.6) is 0 Å². The van der Waals surface area contributed by atoms with Crippen LogP contribution in [-0.4, -0.2) is 41.3 Å². The van der Waals surface area contributed by atoms with Gasteiger partial charge in [-0.3, -0.25) is 14.2 Å². The Hall–Kier alpha value is -2.56. The van der Waals surface area contributed by atoms with Crippen LogP contribution in [0.25, 0.3) is 10.2 Å². The second-order valence-corrected chi connectivity index (χ2v) is 9.33. The van der Waals surface area contributed by atoms with Gasteiger partial charge in [0.25, 0.3) is 5.56 Å². The lowest BCUT2D eigenvalue weighted by molar-refractivity contribution is -0.116. The fraction of sp³-hybridized carbons (Fsp3) is 0.278. The van der Waals surface area contributed by atoms with Gasteiger partial charge >= 0.3 is 0 Å². The first kappa shape index (κ1) is 18.8. The first-order chi connectivity index (χ1) is 13.4. The molecule has 1 aliphatic heterocycles. The van der Waals surface area contributed by atoms with Crippen molar-refractivity contribution in [3.05, 3.63) is 52.4 Å². The number of carbonyl (C=O) groups excluding carboxylic acids is 1. The quantitative estimate of drug-likeness (QED) is 0.682. The van der Waals surface area contributed by atoms with E-state index in [1.165, 1.54) is 38.7 Å². The number of amides is 1. The van der Waals surface area contributed by atoms with Gasteiger partial charge < -0.3 is 5.32 Å².